The third-order valence-corrected chi connectivity index (χ3v) is 28.0. The fraction of sp³-hybridized carbons (Fsp3) is 0.0714. The fourth-order valence-corrected chi connectivity index (χ4v) is 20.8. The van der Waals surface area contributed by atoms with Crippen molar-refractivity contribution in [1.82, 2.24) is 44.9 Å². The Morgan fingerprint density at radius 2 is 0.333 bits per heavy atom. The molecule has 27 rings (SSSR count). The summed E-state index contributed by atoms with van der Waals surface area (Å²) in [6.45, 7) is 13.9. The minimum atomic E-state index is -0.0939. The summed E-state index contributed by atoms with van der Waals surface area (Å²) in [7, 11) is 0. The van der Waals surface area contributed by atoms with Crippen LogP contribution >= 0.6 is 0 Å². The van der Waals surface area contributed by atoms with Gasteiger partial charge in [0.05, 0.1) is 0 Å². The first-order valence-corrected chi connectivity index (χ1v) is 46.8. The monoisotopic (exact) mass is 1770 g/mol. The molecule has 0 fully saturated rings. The first kappa shape index (κ1) is 82.3. The van der Waals surface area contributed by atoms with Gasteiger partial charge in [0.2, 0.25) is 0 Å². The third-order valence-electron chi connectivity index (χ3n) is 28.0. The fourth-order valence-electron chi connectivity index (χ4n) is 20.8. The Morgan fingerprint density at radius 1 is 0.138 bits per heavy atom. The van der Waals surface area contributed by atoms with Crippen molar-refractivity contribution in [3.8, 4) is 169 Å². The van der Waals surface area contributed by atoms with Gasteiger partial charge in [0, 0.05) is 98.6 Å². The highest BCUT2D eigenvalue weighted by Gasteiger charge is 2.40. The van der Waals surface area contributed by atoms with Crippen LogP contribution in [0, 0.1) is 0 Å². The molecule has 12 nitrogen and oxygen atoms in total. The van der Waals surface area contributed by atoms with E-state index in [1.54, 1.807) is 0 Å². The van der Waals surface area contributed by atoms with Crippen molar-refractivity contribution < 1.29 is 13.3 Å². The zero-order valence-electron chi connectivity index (χ0n) is 76.6. The Hall–Kier alpha value is -17.6. The summed E-state index contributed by atoms with van der Waals surface area (Å²) in [6.07, 6.45) is 0. The molecule has 18 aromatic carbocycles. The maximum atomic E-state index is 6.44. The quantitative estimate of drug-likeness (QED) is 0.114. The Morgan fingerprint density at radius 3 is 0.652 bits per heavy atom. The minimum absolute atomic E-state index is 0.0626. The van der Waals surface area contributed by atoms with Crippen LogP contribution in [0.2, 0.25) is 0 Å². The molecule has 12 heteroatoms. The lowest BCUT2D eigenvalue weighted by Crippen LogP contribution is -2.14. The first-order chi connectivity index (χ1) is 67.6. The SMILES string of the molecule is CC1(C)c2ccccc2-c2cc3oc4ccc(-c5ccc(-c6nc(-c7ccccc7)nc(-c7ccccc7)n6)cc5)cc4c3cc21.CC1(C)c2ccccc2-c2cc3oc4ccc(-c5cccc(-c6nc(-c7ccccc7)nc(-c7ccccc7)n6)c5)cc4c3cc21.CC1(C)c2ccccc2-c2cc3oc4ccc(-c5nc(-c6ccccc6)nc(-c6cccc(-c7ccccc7)c6)n5)cc4c3cc21. The molecular formula is C126H87N9O3. The second-order valence-electron chi connectivity index (χ2n) is 37.5. The summed E-state index contributed by atoms with van der Waals surface area (Å²) in [5.41, 5.74) is 36.1. The van der Waals surface area contributed by atoms with Gasteiger partial charge in [-0.2, -0.15) is 0 Å². The maximum Gasteiger partial charge on any atom is 0.164 e. The van der Waals surface area contributed by atoms with Crippen LogP contribution in [-0.4, -0.2) is 44.9 Å². The van der Waals surface area contributed by atoms with Crippen LogP contribution in [-0.2, 0) is 16.2 Å². The lowest BCUT2D eigenvalue weighted by atomic mass is 9.82. The molecule has 3 aliphatic carbocycles. The van der Waals surface area contributed by atoms with E-state index in [9.17, 15) is 0 Å². The molecule has 0 saturated heterocycles. The van der Waals surface area contributed by atoms with Crippen LogP contribution in [0.4, 0.5) is 0 Å². The number of fused-ring (bicyclic) bond motifs is 18. The van der Waals surface area contributed by atoms with Crippen molar-refractivity contribution in [2.45, 2.75) is 57.8 Å². The Kier molecular flexibility index (Phi) is 19.6. The van der Waals surface area contributed by atoms with E-state index < -0.39 is 0 Å². The minimum Gasteiger partial charge on any atom is -0.456 e. The molecule has 654 valence electrons. The van der Waals surface area contributed by atoms with Gasteiger partial charge < -0.3 is 13.3 Å². The van der Waals surface area contributed by atoms with Gasteiger partial charge in [-0.25, -0.2) is 44.9 Å². The zero-order valence-corrected chi connectivity index (χ0v) is 76.6. The van der Waals surface area contributed by atoms with Crippen molar-refractivity contribution in [3.05, 3.63) is 452 Å². The molecule has 0 atom stereocenters. The number of hydrogen-bond donors (Lipinski definition) is 0. The van der Waals surface area contributed by atoms with E-state index in [0.717, 1.165) is 149 Å². The highest BCUT2D eigenvalue weighted by atomic mass is 16.3. The van der Waals surface area contributed by atoms with E-state index in [-0.39, 0.29) is 16.2 Å². The summed E-state index contributed by atoms with van der Waals surface area (Å²) in [4.78, 5) is 44.4. The predicted octanol–water partition coefficient (Wildman–Crippen LogP) is 32.2. The number of benzene rings is 18. The van der Waals surface area contributed by atoms with Crippen LogP contribution in [0.3, 0.4) is 0 Å². The number of nitrogens with zero attached hydrogens (tertiary/aromatic N) is 9. The van der Waals surface area contributed by atoms with Gasteiger partial charge in [-0.3, -0.25) is 0 Å². The highest BCUT2D eigenvalue weighted by molar-refractivity contribution is 6.12. The standard InChI is InChI=1S/3C42H29N3O/c1-42(2)35-19-10-9-18-31(35)32-25-38-34(24-36(32)42)33-23-29(20-21-37(33)46-38)28-16-11-17-30(22-28)41-44-39(26-12-5-3-6-13-26)43-40(45-41)27-14-7-4-8-15-27;1-42(2)35-19-10-9-18-31(35)32-25-38-34(24-36(32)42)33-23-30(20-21-37(33)46-38)41-44-39(27-14-7-4-8-15-27)43-40(45-41)29-17-11-16-28(22-29)26-12-5-3-6-13-26;1-42(2)35-16-10-9-15-31(35)32-25-38-34(24-36(32)42)33-23-30(21-22-37(33)46-38)26-17-19-29(20-18-26)41-44-39(27-11-5-3-6-12-27)43-40(45-41)28-13-7-4-8-14-28/h3*3-25H,1-2H3. The predicted molar refractivity (Wildman–Crippen MR) is 559 cm³/mol. The average molecular weight is 1780 g/mol. The topological polar surface area (TPSA) is 155 Å². The number of aromatic nitrogens is 9. The van der Waals surface area contributed by atoms with Crippen molar-refractivity contribution in [1.29, 1.82) is 0 Å². The molecule has 0 spiro atoms. The molecule has 6 aromatic heterocycles. The third kappa shape index (κ3) is 14.4. The molecule has 24 aromatic rings. The summed E-state index contributed by atoms with van der Waals surface area (Å²) < 4.78 is 19.3. The Labute approximate surface area is 797 Å². The Balaban J connectivity index is 0.000000110. The first-order valence-electron chi connectivity index (χ1n) is 46.8. The maximum absolute atomic E-state index is 6.44. The summed E-state index contributed by atoms with van der Waals surface area (Å²) in [5, 5.41) is 6.69. The second kappa shape index (κ2) is 32.9. The smallest absolute Gasteiger partial charge is 0.164 e. The van der Waals surface area contributed by atoms with Gasteiger partial charge in [-0.15, -0.1) is 0 Å². The van der Waals surface area contributed by atoms with Crippen molar-refractivity contribution >= 4 is 65.8 Å². The normalized spacial score (nSPS) is 13.2. The molecule has 0 saturated carbocycles. The zero-order chi connectivity index (χ0) is 92.5. The molecule has 6 heterocycles. The summed E-state index contributed by atoms with van der Waals surface area (Å²) >= 11 is 0. The molecule has 0 radical (unpaired) electrons. The lowest BCUT2D eigenvalue weighted by molar-refractivity contribution is 0.657. The second-order valence-corrected chi connectivity index (χ2v) is 37.5. The van der Waals surface area contributed by atoms with Gasteiger partial charge in [-0.1, -0.05) is 369 Å². The van der Waals surface area contributed by atoms with E-state index in [2.05, 4.69) is 290 Å². The largest absolute Gasteiger partial charge is 0.456 e. The van der Waals surface area contributed by atoms with E-state index in [0.29, 0.717) is 52.4 Å². The molecule has 0 N–H and O–H groups in total. The highest BCUT2D eigenvalue weighted by Crippen LogP contribution is 2.55. The Bertz CT molecular complexity index is 8850. The van der Waals surface area contributed by atoms with Gasteiger partial charge in [0.15, 0.2) is 52.4 Å². The molecule has 0 bridgehead atoms. The van der Waals surface area contributed by atoms with Crippen molar-refractivity contribution in [2.24, 2.45) is 0 Å². The van der Waals surface area contributed by atoms with Gasteiger partial charge in [0.1, 0.15) is 33.5 Å². The van der Waals surface area contributed by atoms with Crippen LogP contribution in [0.1, 0.15) is 74.9 Å². The molecular weight excluding hydrogens is 1690 g/mol. The number of furan rings is 3. The van der Waals surface area contributed by atoms with E-state index >= 15 is 0 Å². The summed E-state index contributed by atoms with van der Waals surface area (Å²) in [5.74, 6) is 5.80. The van der Waals surface area contributed by atoms with E-state index in [1.165, 1.54) is 66.8 Å². The van der Waals surface area contributed by atoms with Crippen molar-refractivity contribution in [3.63, 3.8) is 0 Å². The number of rotatable bonds is 12. The van der Waals surface area contributed by atoms with Gasteiger partial charge in [0.25, 0.3) is 0 Å². The molecule has 138 heavy (non-hydrogen) atoms. The molecule has 0 unspecified atom stereocenters. The van der Waals surface area contributed by atoms with Gasteiger partial charge in [-0.05, 0) is 191 Å². The van der Waals surface area contributed by atoms with E-state index in [4.69, 9.17) is 58.1 Å². The molecule has 3 aliphatic rings. The van der Waals surface area contributed by atoms with Gasteiger partial charge >= 0.3 is 0 Å². The molecule has 0 aliphatic heterocycles. The molecule has 0 amide bonds. The lowest BCUT2D eigenvalue weighted by Gasteiger charge is -2.21. The van der Waals surface area contributed by atoms with Crippen molar-refractivity contribution in [2.75, 3.05) is 0 Å². The van der Waals surface area contributed by atoms with E-state index in [1.807, 2.05) is 170 Å². The van der Waals surface area contributed by atoms with Crippen LogP contribution in [0.15, 0.2) is 432 Å². The average Bonchev–Trinajstić information content (AvgIpc) is 1.57. The van der Waals surface area contributed by atoms with Crippen LogP contribution < -0.4 is 0 Å². The number of hydrogen-bond acceptors (Lipinski definition) is 12. The van der Waals surface area contributed by atoms with Crippen LogP contribution in [0.25, 0.3) is 235 Å². The summed E-state index contributed by atoms with van der Waals surface area (Å²) in [6, 6.07) is 145. The van der Waals surface area contributed by atoms with Crippen LogP contribution in [0.5, 0.6) is 0 Å².